The number of halogens is 1. The molecule has 0 atom stereocenters. The van der Waals surface area contributed by atoms with Crippen molar-refractivity contribution in [3.63, 3.8) is 0 Å². The van der Waals surface area contributed by atoms with E-state index in [0.29, 0.717) is 24.2 Å². The fraction of sp³-hybridized carbons (Fsp3) is 0.188. The summed E-state index contributed by atoms with van der Waals surface area (Å²) in [5, 5.41) is 16.7. The maximum atomic E-state index is 11.6. The highest BCUT2D eigenvalue weighted by Crippen LogP contribution is 2.27. The van der Waals surface area contributed by atoms with Gasteiger partial charge in [0.15, 0.2) is 0 Å². The first-order chi connectivity index (χ1) is 11.0. The van der Waals surface area contributed by atoms with Gasteiger partial charge in [0, 0.05) is 29.7 Å². The van der Waals surface area contributed by atoms with E-state index in [1.54, 1.807) is 25.2 Å². The maximum absolute atomic E-state index is 11.6. The lowest BCUT2D eigenvalue weighted by atomic mass is 10.1. The van der Waals surface area contributed by atoms with Gasteiger partial charge in [0.05, 0.1) is 4.92 Å². The van der Waals surface area contributed by atoms with Gasteiger partial charge < -0.3 is 10.6 Å². The number of rotatable bonds is 6. The minimum Gasteiger partial charge on any atom is -0.379 e. The molecule has 2 rings (SSSR count). The van der Waals surface area contributed by atoms with Crippen molar-refractivity contribution in [1.82, 2.24) is 5.32 Å². The van der Waals surface area contributed by atoms with E-state index in [0.717, 1.165) is 10.0 Å². The summed E-state index contributed by atoms with van der Waals surface area (Å²) in [6.07, 6.45) is 0.647. The van der Waals surface area contributed by atoms with Crippen LogP contribution in [0.2, 0.25) is 0 Å². The molecule has 0 aromatic heterocycles. The van der Waals surface area contributed by atoms with Crippen LogP contribution in [-0.2, 0) is 6.42 Å². The zero-order valence-electron chi connectivity index (χ0n) is 12.5. The summed E-state index contributed by atoms with van der Waals surface area (Å²) >= 11 is 3.31. The average Bonchev–Trinajstić information content (AvgIpc) is 2.54. The second kappa shape index (κ2) is 7.73. The van der Waals surface area contributed by atoms with E-state index in [-0.39, 0.29) is 11.6 Å². The average molecular weight is 378 g/mol. The molecule has 0 heterocycles. The van der Waals surface area contributed by atoms with E-state index in [1.165, 1.54) is 6.07 Å². The predicted octanol–water partition coefficient (Wildman–Crippen LogP) is 3.37. The number of nitrogens with one attached hydrogen (secondary N) is 2. The van der Waals surface area contributed by atoms with Gasteiger partial charge in [-0.15, -0.1) is 0 Å². The molecule has 0 spiro atoms. The fourth-order valence-corrected chi connectivity index (χ4v) is 2.52. The summed E-state index contributed by atoms with van der Waals surface area (Å²) in [4.78, 5) is 22.2. The lowest BCUT2D eigenvalue weighted by molar-refractivity contribution is -0.384. The molecule has 6 nitrogen and oxygen atoms in total. The number of nitro groups is 1. The molecule has 2 N–H and O–H groups in total. The zero-order chi connectivity index (χ0) is 16.8. The minimum atomic E-state index is -0.416. The summed E-state index contributed by atoms with van der Waals surface area (Å²) in [5.41, 5.74) is 2.08. The Morgan fingerprint density at radius 3 is 2.74 bits per heavy atom. The molecule has 23 heavy (non-hydrogen) atoms. The van der Waals surface area contributed by atoms with Crippen LogP contribution in [0.3, 0.4) is 0 Å². The van der Waals surface area contributed by atoms with Crippen molar-refractivity contribution < 1.29 is 9.72 Å². The third kappa shape index (κ3) is 4.53. The number of carbonyl (C=O) groups excluding carboxylic acids is 1. The molecule has 0 unspecified atom stereocenters. The van der Waals surface area contributed by atoms with Gasteiger partial charge in [-0.3, -0.25) is 14.9 Å². The van der Waals surface area contributed by atoms with E-state index in [1.807, 2.05) is 18.2 Å². The summed E-state index contributed by atoms with van der Waals surface area (Å²) < 4.78 is 0.771. The van der Waals surface area contributed by atoms with Gasteiger partial charge in [0.25, 0.3) is 11.6 Å². The van der Waals surface area contributed by atoms with E-state index < -0.39 is 4.92 Å². The van der Waals surface area contributed by atoms with Crippen LogP contribution in [0.15, 0.2) is 46.9 Å². The molecule has 120 valence electrons. The van der Waals surface area contributed by atoms with Crippen LogP contribution in [0.4, 0.5) is 11.4 Å². The van der Waals surface area contributed by atoms with E-state index in [9.17, 15) is 14.9 Å². The van der Waals surface area contributed by atoms with Crippen LogP contribution in [0, 0.1) is 10.1 Å². The SMILES string of the molecule is CNC(=O)c1cccc(CCNc2cc(Br)ccc2[N+](=O)[O-])c1. The van der Waals surface area contributed by atoms with E-state index in [4.69, 9.17) is 0 Å². The topological polar surface area (TPSA) is 84.3 Å². The van der Waals surface area contributed by atoms with E-state index in [2.05, 4.69) is 26.6 Å². The molecule has 0 saturated heterocycles. The van der Waals surface area contributed by atoms with Crippen molar-refractivity contribution in [2.75, 3.05) is 18.9 Å². The first-order valence-electron chi connectivity index (χ1n) is 7.00. The van der Waals surface area contributed by atoms with Crippen LogP contribution in [-0.4, -0.2) is 24.4 Å². The molecule has 1 amide bonds. The summed E-state index contributed by atoms with van der Waals surface area (Å²) in [6.45, 7) is 0.522. The number of hydrogen-bond donors (Lipinski definition) is 2. The first-order valence-corrected chi connectivity index (χ1v) is 7.79. The minimum absolute atomic E-state index is 0.0345. The monoisotopic (exact) mass is 377 g/mol. The first kappa shape index (κ1) is 17.0. The van der Waals surface area contributed by atoms with Crippen LogP contribution in [0.25, 0.3) is 0 Å². The molecule has 0 aliphatic heterocycles. The Kier molecular flexibility index (Phi) is 5.70. The molecule has 0 fully saturated rings. The van der Waals surface area contributed by atoms with Crippen molar-refractivity contribution in [3.05, 3.63) is 68.2 Å². The summed E-state index contributed by atoms with van der Waals surface area (Å²) in [6, 6.07) is 12.1. The van der Waals surface area contributed by atoms with Crippen molar-refractivity contribution in [3.8, 4) is 0 Å². The van der Waals surface area contributed by atoms with Crippen molar-refractivity contribution in [1.29, 1.82) is 0 Å². The molecule has 0 saturated carbocycles. The third-order valence-electron chi connectivity index (χ3n) is 3.30. The van der Waals surface area contributed by atoms with Crippen LogP contribution >= 0.6 is 15.9 Å². The summed E-state index contributed by atoms with van der Waals surface area (Å²) in [7, 11) is 1.59. The van der Waals surface area contributed by atoms with Crippen molar-refractivity contribution in [2.45, 2.75) is 6.42 Å². The Morgan fingerprint density at radius 1 is 1.26 bits per heavy atom. The Labute approximate surface area is 142 Å². The van der Waals surface area contributed by atoms with Gasteiger partial charge in [-0.1, -0.05) is 28.1 Å². The van der Waals surface area contributed by atoms with Gasteiger partial charge in [0.2, 0.25) is 0 Å². The Balaban J connectivity index is 2.04. The zero-order valence-corrected chi connectivity index (χ0v) is 14.1. The number of nitrogens with zero attached hydrogens (tertiary/aromatic N) is 1. The van der Waals surface area contributed by atoms with Gasteiger partial charge in [-0.05, 0) is 36.2 Å². The van der Waals surface area contributed by atoms with Gasteiger partial charge in [0.1, 0.15) is 5.69 Å². The normalized spacial score (nSPS) is 10.2. The largest absolute Gasteiger partial charge is 0.379 e. The van der Waals surface area contributed by atoms with Crippen molar-refractivity contribution in [2.24, 2.45) is 0 Å². The second-order valence-corrected chi connectivity index (χ2v) is 5.79. The Morgan fingerprint density at radius 2 is 2.04 bits per heavy atom. The highest BCUT2D eigenvalue weighted by Gasteiger charge is 2.13. The molecular formula is C16H16BrN3O3. The number of hydrogen-bond acceptors (Lipinski definition) is 4. The quantitative estimate of drug-likeness (QED) is 0.596. The van der Waals surface area contributed by atoms with Gasteiger partial charge in [-0.25, -0.2) is 0 Å². The highest BCUT2D eigenvalue weighted by atomic mass is 79.9. The van der Waals surface area contributed by atoms with Crippen LogP contribution in [0.1, 0.15) is 15.9 Å². The Hall–Kier alpha value is -2.41. The molecule has 0 bridgehead atoms. The van der Waals surface area contributed by atoms with E-state index >= 15 is 0 Å². The fourth-order valence-electron chi connectivity index (χ4n) is 2.16. The molecule has 7 heteroatoms. The second-order valence-electron chi connectivity index (χ2n) is 4.87. The number of benzene rings is 2. The third-order valence-corrected chi connectivity index (χ3v) is 3.79. The number of nitro benzene ring substituents is 1. The summed E-state index contributed by atoms with van der Waals surface area (Å²) in [5.74, 6) is -0.137. The molecule has 2 aromatic carbocycles. The van der Waals surface area contributed by atoms with Gasteiger partial charge >= 0.3 is 0 Å². The smallest absolute Gasteiger partial charge is 0.292 e. The number of carbonyl (C=O) groups is 1. The van der Waals surface area contributed by atoms with Gasteiger partial charge in [-0.2, -0.15) is 0 Å². The number of anilines is 1. The number of amides is 1. The van der Waals surface area contributed by atoms with Crippen molar-refractivity contribution >= 4 is 33.2 Å². The van der Waals surface area contributed by atoms with Crippen LogP contribution < -0.4 is 10.6 Å². The molecule has 0 aliphatic rings. The van der Waals surface area contributed by atoms with Crippen LogP contribution in [0.5, 0.6) is 0 Å². The molecule has 0 aliphatic carbocycles. The highest BCUT2D eigenvalue weighted by molar-refractivity contribution is 9.10. The molecule has 0 radical (unpaired) electrons. The Bertz CT molecular complexity index is 734. The molecular weight excluding hydrogens is 362 g/mol. The lowest BCUT2D eigenvalue weighted by Crippen LogP contribution is -2.18. The molecule has 2 aromatic rings. The lowest BCUT2D eigenvalue weighted by Gasteiger charge is -2.08. The standard InChI is InChI=1S/C16H16BrN3O3/c1-18-16(21)12-4-2-3-11(9-12)7-8-19-14-10-13(17)5-6-15(14)20(22)23/h2-6,9-10,19H,7-8H2,1H3,(H,18,21). The predicted molar refractivity (Wildman–Crippen MR) is 92.8 cm³/mol. The maximum Gasteiger partial charge on any atom is 0.292 e.